The molecule has 0 radical (unpaired) electrons. The Labute approximate surface area is 147 Å². The monoisotopic (exact) mass is 356 g/mol. The number of amides is 1. The largest absolute Gasteiger partial charge is 0.480 e. The van der Waals surface area contributed by atoms with Gasteiger partial charge in [-0.05, 0) is 51.4 Å². The number of benzene rings is 1. The maximum Gasteiger partial charge on any atom is 0.321 e. The Kier molecular flexibility index (Phi) is 8.74. The molecule has 1 amide bonds. The van der Waals surface area contributed by atoms with Crippen LogP contribution < -0.4 is 10.6 Å². The molecule has 3 N–H and O–H groups in total. The van der Waals surface area contributed by atoms with Crippen molar-refractivity contribution in [1.82, 2.24) is 5.32 Å². The Hall–Kier alpha value is -1.63. The second-order valence-corrected chi connectivity index (χ2v) is 6.27. The summed E-state index contributed by atoms with van der Waals surface area (Å²) in [5, 5.41) is 15.3. The molecular formula is C17H25ClN2O4. The number of hydrogen-bond acceptors (Lipinski definition) is 4. The Morgan fingerprint density at radius 1 is 1.33 bits per heavy atom. The van der Waals surface area contributed by atoms with Crippen LogP contribution in [0.5, 0.6) is 0 Å². The zero-order valence-electron chi connectivity index (χ0n) is 14.3. The molecule has 0 saturated heterocycles. The van der Waals surface area contributed by atoms with E-state index in [9.17, 15) is 14.7 Å². The number of hydrogen-bond donors (Lipinski definition) is 3. The number of carbonyl (C=O) groups excluding carboxylic acids is 1. The summed E-state index contributed by atoms with van der Waals surface area (Å²) in [6.07, 6.45) is 0.663. The normalized spacial score (nSPS) is 12.2. The number of anilines is 1. The van der Waals surface area contributed by atoms with Crippen molar-refractivity contribution < 1.29 is 19.4 Å². The molecule has 0 fully saturated rings. The van der Waals surface area contributed by atoms with E-state index >= 15 is 0 Å². The SMILES string of the molecule is Cc1ccc(Cl)cc1NC(=O)CC(NCCCOC(C)C)C(=O)O. The van der Waals surface area contributed by atoms with Gasteiger partial charge in [0.1, 0.15) is 6.04 Å². The van der Waals surface area contributed by atoms with E-state index in [1.54, 1.807) is 18.2 Å². The second-order valence-electron chi connectivity index (χ2n) is 5.83. The minimum absolute atomic E-state index is 0.145. The van der Waals surface area contributed by atoms with Gasteiger partial charge in [-0.1, -0.05) is 17.7 Å². The fraction of sp³-hybridized carbons (Fsp3) is 0.529. The highest BCUT2D eigenvalue weighted by molar-refractivity contribution is 6.31. The number of carboxylic acids is 1. The number of ether oxygens (including phenoxy) is 1. The average Bonchev–Trinajstić information content (AvgIpc) is 2.49. The van der Waals surface area contributed by atoms with Gasteiger partial charge in [0.2, 0.25) is 5.91 Å². The van der Waals surface area contributed by atoms with Crippen LogP contribution in [0.15, 0.2) is 18.2 Å². The van der Waals surface area contributed by atoms with E-state index in [-0.39, 0.29) is 18.4 Å². The van der Waals surface area contributed by atoms with E-state index < -0.39 is 12.0 Å². The minimum Gasteiger partial charge on any atom is -0.480 e. The first kappa shape index (κ1) is 20.4. The molecule has 0 spiro atoms. The Morgan fingerprint density at radius 3 is 2.67 bits per heavy atom. The van der Waals surface area contributed by atoms with Crippen molar-refractivity contribution in [1.29, 1.82) is 0 Å². The highest BCUT2D eigenvalue weighted by Gasteiger charge is 2.20. The topological polar surface area (TPSA) is 87.7 Å². The van der Waals surface area contributed by atoms with Gasteiger partial charge >= 0.3 is 5.97 Å². The molecule has 1 atom stereocenters. The van der Waals surface area contributed by atoms with Crippen LogP contribution >= 0.6 is 11.6 Å². The van der Waals surface area contributed by atoms with Crippen LogP contribution in [0.4, 0.5) is 5.69 Å². The summed E-state index contributed by atoms with van der Waals surface area (Å²) in [4.78, 5) is 23.4. The lowest BCUT2D eigenvalue weighted by Crippen LogP contribution is -2.40. The molecule has 0 saturated carbocycles. The summed E-state index contributed by atoms with van der Waals surface area (Å²) in [5.74, 6) is -1.43. The number of aryl methyl sites for hydroxylation is 1. The van der Waals surface area contributed by atoms with Crippen molar-refractivity contribution in [2.75, 3.05) is 18.5 Å². The van der Waals surface area contributed by atoms with Crippen LogP contribution in [0.3, 0.4) is 0 Å². The first-order valence-electron chi connectivity index (χ1n) is 7.93. The molecule has 7 heteroatoms. The molecule has 24 heavy (non-hydrogen) atoms. The van der Waals surface area contributed by atoms with Crippen LogP contribution in [-0.2, 0) is 14.3 Å². The molecule has 0 aliphatic heterocycles. The van der Waals surface area contributed by atoms with Crippen molar-refractivity contribution in [3.8, 4) is 0 Å². The molecule has 134 valence electrons. The summed E-state index contributed by atoms with van der Waals surface area (Å²) in [5.41, 5.74) is 1.44. The third-order valence-electron chi connectivity index (χ3n) is 3.32. The molecule has 1 aromatic carbocycles. The number of carboxylic acid groups (broad SMARTS) is 1. The van der Waals surface area contributed by atoms with Crippen LogP contribution in [0, 0.1) is 6.92 Å². The lowest BCUT2D eigenvalue weighted by atomic mass is 10.1. The van der Waals surface area contributed by atoms with Gasteiger partial charge in [0.25, 0.3) is 0 Å². The van der Waals surface area contributed by atoms with Gasteiger partial charge in [0, 0.05) is 17.3 Å². The molecule has 1 rings (SSSR count). The smallest absolute Gasteiger partial charge is 0.321 e. The van der Waals surface area contributed by atoms with Crippen LogP contribution in [0.1, 0.15) is 32.3 Å². The van der Waals surface area contributed by atoms with Gasteiger partial charge in [-0.2, -0.15) is 0 Å². The summed E-state index contributed by atoms with van der Waals surface area (Å²) in [6.45, 7) is 6.73. The van der Waals surface area contributed by atoms with Crippen LogP contribution in [0.2, 0.25) is 5.02 Å². The summed E-state index contributed by atoms with van der Waals surface area (Å²) < 4.78 is 5.39. The Balaban J connectivity index is 2.48. The first-order valence-corrected chi connectivity index (χ1v) is 8.31. The third-order valence-corrected chi connectivity index (χ3v) is 3.56. The zero-order chi connectivity index (χ0) is 18.1. The number of rotatable bonds is 10. The second kappa shape index (κ2) is 10.3. The van der Waals surface area contributed by atoms with Gasteiger partial charge in [0.15, 0.2) is 0 Å². The van der Waals surface area contributed by atoms with Crippen molar-refractivity contribution in [3.63, 3.8) is 0 Å². The molecule has 0 heterocycles. The molecule has 6 nitrogen and oxygen atoms in total. The zero-order valence-corrected chi connectivity index (χ0v) is 15.0. The number of halogens is 1. The van der Waals surface area contributed by atoms with Crippen molar-refractivity contribution >= 4 is 29.2 Å². The maximum atomic E-state index is 12.1. The molecular weight excluding hydrogens is 332 g/mol. The number of aliphatic carboxylic acids is 1. The average molecular weight is 357 g/mol. The molecule has 0 aliphatic rings. The first-order chi connectivity index (χ1) is 11.3. The van der Waals surface area contributed by atoms with Gasteiger partial charge in [-0.3, -0.25) is 9.59 Å². The standard InChI is InChI=1S/C17H25ClN2O4/c1-11(2)24-8-4-7-19-15(17(22)23)10-16(21)20-14-9-13(18)6-5-12(14)3/h5-6,9,11,15,19H,4,7-8,10H2,1-3H3,(H,20,21)(H,22,23). The van der Waals surface area contributed by atoms with E-state index in [2.05, 4.69) is 10.6 Å². The van der Waals surface area contributed by atoms with E-state index in [0.717, 1.165) is 5.56 Å². The summed E-state index contributed by atoms with van der Waals surface area (Å²) in [7, 11) is 0. The fourth-order valence-electron chi connectivity index (χ4n) is 2.03. The predicted octanol–water partition coefficient (Wildman–Crippen LogP) is 2.83. The molecule has 0 bridgehead atoms. The molecule has 0 aromatic heterocycles. The Bertz CT molecular complexity index is 564. The van der Waals surface area contributed by atoms with Crippen LogP contribution in [0.25, 0.3) is 0 Å². The van der Waals surface area contributed by atoms with E-state index in [1.165, 1.54) is 0 Å². The lowest BCUT2D eigenvalue weighted by molar-refractivity contribution is -0.141. The van der Waals surface area contributed by atoms with E-state index in [4.69, 9.17) is 16.3 Å². The molecule has 1 aromatic rings. The van der Waals surface area contributed by atoms with Crippen molar-refractivity contribution in [3.05, 3.63) is 28.8 Å². The lowest BCUT2D eigenvalue weighted by Gasteiger charge is -2.15. The number of carbonyl (C=O) groups is 2. The van der Waals surface area contributed by atoms with Gasteiger partial charge in [-0.25, -0.2) is 0 Å². The van der Waals surface area contributed by atoms with Crippen LogP contribution in [-0.4, -0.2) is 42.3 Å². The highest BCUT2D eigenvalue weighted by Crippen LogP contribution is 2.20. The predicted molar refractivity (Wildman–Crippen MR) is 94.6 cm³/mol. The number of nitrogens with one attached hydrogen (secondary N) is 2. The quantitative estimate of drug-likeness (QED) is 0.561. The van der Waals surface area contributed by atoms with Crippen molar-refractivity contribution in [2.45, 2.75) is 45.8 Å². The summed E-state index contributed by atoms with van der Waals surface area (Å²) in [6, 6.07) is 4.22. The van der Waals surface area contributed by atoms with Gasteiger partial charge in [0.05, 0.1) is 12.5 Å². The molecule has 0 aliphatic carbocycles. The van der Waals surface area contributed by atoms with E-state index in [1.807, 2.05) is 20.8 Å². The third kappa shape index (κ3) is 7.77. The van der Waals surface area contributed by atoms with Gasteiger partial charge in [-0.15, -0.1) is 0 Å². The maximum absolute atomic E-state index is 12.1. The minimum atomic E-state index is -1.06. The highest BCUT2D eigenvalue weighted by atomic mass is 35.5. The summed E-state index contributed by atoms with van der Waals surface area (Å²) >= 11 is 5.91. The van der Waals surface area contributed by atoms with Crippen molar-refractivity contribution in [2.24, 2.45) is 0 Å². The molecule has 1 unspecified atom stereocenters. The van der Waals surface area contributed by atoms with E-state index in [0.29, 0.717) is 30.3 Å². The van der Waals surface area contributed by atoms with Gasteiger partial charge < -0.3 is 20.5 Å². The Morgan fingerprint density at radius 2 is 2.04 bits per heavy atom. The fourth-order valence-corrected chi connectivity index (χ4v) is 2.20.